The van der Waals surface area contributed by atoms with Gasteiger partial charge in [0.25, 0.3) is 0 Å². The molecule has 2 unspecified atom stereocenters. The molecular formula is C19H34O. The van der Waals surface area contributed by atoms with Gasteiger partial charge in [0.05, 0.1) is 6.10 Å². The Hall–Kier alpha value is -0.740. The summed E-state index contributed by atoms with van der Waals surface area (Å²) in [7, 11) is 1.78. The summed E-state index contributed by atoms with van der Waals surface area (Å²) in [4.78, 5) is 0. The second-order valence-electron chi connectivity index (χ2n) is 7.05. The summed E-state index contributed by atoms with van der Waals surface area (Å²) in [5.41, 5.74) is 0.136. The number of hydrogen-bond donors (Lipinski definition) is 0. The Morgan fingerprint density at radius 1 is 1.15 bits per heavy atom. The molecule has 0 saturated heterocycles. The molecule has 0 aliphatic carbocycles. The van der Waals surface area contributed by atoms with Gasteiger partial charge in [-0.05, 0) is 31.1 Å². The van der Waals surface area contributed by atoms with E-state index < -0.39 is 0 Å². The molecule has 0 spiro atoms. The van der Waals surface area contributed by atoms with Crippen LogP contribution in [0.4, 0.5) is 0 Å². The van der Waals surface area contributed by atoms with E-state index in [4.69, 9.17) is 4.74 Å². The molecule has 0 heterocycles. The fourth-order valence-corrected chi connectivity index (χ4v) is 2.49. The summed E-state index contributed by atoms with van der Waals surface area (Å²) >= 11 is 0. The smallest absolute Gasteiger partial charge is 0.0636 e. The molecular weight excluding hydrogens is 244 g/mol. The molecule has 0 fully saturated rings. The van der Waals surface area contributed by atoms with Gasteiger partial charge in [-0.25, -0.2) is 0 Å². The van der Waals surface area contributed by atoms with E-state index in [1.165, 1.54) is 0 Å². The van der Waals surface area contributed by atoms with E-state index in [1.54, 1.807) is 7.11 Å². The van der Waals surface area contributed by atoms with Gasteiger partial charge in [0.1, 0.15) is 0 Å². The molecule has 0 bridgehead atoms. The molecule has 0 aromatic rings. The first kappa shape index (κ1) is 19.3. The van der Waals surface area contributed by atoms with Gasteiger partial charge >= 0.3 is 0 Å². The molecule has 0 aliphatic rings. The van der Waals surface area contributed by atoms with Crippen molar-refractivity contribution in [2.45, 2.75) is 73.3 Å². The van der Waals surface area contributed by atoms with E-state index in [0.29, 0.717) is 5.92 Å². The van der Waals surface area contributed by atoms with Crippen LogP contribution in [0.5, 0.6) is 0 Å². The summed E-state index contributed by atoms with van der Waals surface area (Å²) in [6.07, 6.45) is 6.50. The SMILES string of the molecule is C=CC(C)(C(C)OC)C(C)(C)CCCC#CCC(C)C. The molecule has 0 aromatic heterocycles. The molecule has 0 radical (unpaired) electrons. The maximum Gasteiger partial charge on any atom is 0.0636 e. The van der Waals surface area contributed by atoms with E-state index in [2.05, 4.69) is 66.0 Å². The molecule has 0 N–H and O–H groups in total. The highest BCUT2D eigenvalue weighted by Crippen LogP contribution is 2.46. The zero-order valence-electron chi connectivity index (χ0n) is 14.7. The number of unbranched alkanes of at least 4 members (excludes halogenated alkanes) is 1. The maximum atomic E-state index is 5.56. The lowest BCUT2D eigenvalue weighted by molar-refractivity contribution is -0.0340. The van der Waals surface area contributed by atoms with Crippen molar-refractivity contribution in [3.8, 4) is 11.8 Å². The minimum Gasteiger partial charge on any atom is -0.381 e. The van der Waals surface area contributed by atoms with Gasteiger partial charge in [-0.2, -0.15) is 0 Å². The van der Waals surface area contributed by atoms with E-state index in [9.17, 15) is 0 Å². The van der Waals surface area contributed by atoms with E-state index in [0.717, 1.165) is 25.7 Å². The quantitative estimate of drug-likeness (QED) is 0.325. The molecule has 0 amide bonds. The second-order valence-corrected chi connectivity index (χ2v) is 7.05. The van der Waals surface area contributed by atoms with Crippen LogP contribution in [-0.2, 0) is 4.74 Å². The Balaban J connectivity index is 4.49. The van der Waals surface area contributed by atoms with Gasteiger partial charge in [-0.15, -0.1) is 18.4 Å². The predicted octanol–water partition coefficient (Wildman–Crippen LogP) is 5.46. The van der Waals surface area contributed by atoms with Gasteiger partial charge < -0.3 is 4.74 Å². The van der Waals surface area contributed by atoms with Crippen molar-refractivity contribution < 1.29 is 4.74 Å². The Morgan fingerprint density at radius 2 is 1.75 bits per heavy atom. The van der Waals surface area contributed by atoms with Gasteiger partial charge in [0, 0.05) is 25.4 Å². The van der Waals surface area contributed by atoms with Gasteiger partial charge in [-0.3, -0.25) is 0 Å². The maximum absolute atomic E-state index is 5.56. The molecule has 1 nitrogen and oxygen atoms in total. The third-order valence-corrected chi connectivity index (χ3v) is 4.82. The van der Waals surface area contributed by atoms with Gasteiger partial charge in [0.15, 0.2) is 0 Å². The van der Waals surface area contributed by atoms with E-state index in [-0.39, 0.29) is 16.9 Å². The minimum atomic E-state index is -0.0207. The average Bonchev–Trinajstić information content (AvgIpc) is 2.40. The van der Waals surface area contributed by atoms with Crippen molar-refractivity contribution in [1.29, 1.82) is 0 Å². The van der Waals surface area contributed by atoms with Crippen molar-refractivity contribution in [2.75, 3.05) is 7.11 Å². The first-order valence-corrected chi connectivity index (χ1v) is 7.83. The first-order chi connectivity index (χ1) is 9.21. The monoisotopic (exact) mass is 278 g/mol. The van der Waals surface area contributed by atoms with E-state index in [1.807, 2.05) is 0 Å². The highest BCUT2D eigenvalue weighted by atomic mass is 16.5. The third kappa shape index (κ3) is 5.33. The van der Waals surface area contributed by atoms with Crippen molar-refractivity contribution >= 4 is 0 Å². The van der Waals surface area contributed by atoms with Crippen LogP contribution in [0.1, 0.15) is 67.2 Å². The first-order valence-electron chi connectivity index (χ1n) is 7.83. The van der Waals surface area contributed by atoms with Crippen molar-refractivity contribution in [2.24, 2.45) is 16.7 Å². The predicted molar refractivity (Wildman–Crippen MR) is 89.6 cm³/mol. The molecule has 0 rings (SSSR count). The minimum absolute atomic E-state index is 0.0207. The van der Waals surface area contributed by atoms with Crippen LogP contribution >= 0.6 is 0 Å². The van der Waals surface area contributed by atoms with Crippen LogP contribution in [0, 0.1) is 28.6 Å². The van der Waals surface area contributed by atoms with Gasteiger partial charge in [-0.1, -0.05) is 40.7 Å². The molecule has 0 aliphatic heterocycles. The van der Waals surface area contributed by atoms with Crippen molar-refractivity contribution in [3.05, 3.63) is 12.7 Å². The summed E-state index contributed by atoms with van der Waals surface area (Å²) in [5, 5.41) is 0. The Morgan fingerprint density at radius 3 is 2.20 bits per heavy atom. The van der Waals surface area contributed by atoms with Crippen LogP contribution in [0.15, 0.2) is 12.7 Å². The molecule has 2 atom stereocenters. The van der Waals surface area contributed by atoms with Crippen molar-refractivity contribution in [3.63, 3.8) is 0 Å². The zero-order valence-corrected chi connectivity index (χ0v) is 14.7. The van der Waals surface area contributed by atoms with Crippen LogP contribution in [0.25, 0.3) is 0 Å². The number of hydrogen-bond acceptors (Lipinski definition) is 1. The Bertz CT molecular complexity index is 343. The second kappa shape index (κ2) is 8.53. The Kier molecular flexibility index (Phi) is 8.21. The highest BCUT2D eigenvalue weighted by molar-refractivity contribution is 5.05. The standard InChI is InChI=1S/C19H34O/c1-9-19(7,17(4)20-8)18(5,6)15-13-11-10-12-14-16(2)3/h9,16-17H,1,11,13-15H2,2-8H3. The zero-order chi connectivity index (χ0) is 15.8. The Labute approximate surface area is 127 Å². The number of methoxy groups -OCH3 is 1. The lowest BCUT2D eigenvalue weighted by Crippen LogP contribution is -2.42. The summed E-state index contributed by atoms with van der Waals surface area (Å²) in [6.45, 7) is 17.5. The topological polar surface area (TPSA) is 9.23 Å². The van der Waals surface area contributed by atoms with E-state index >= 15 is 0 Å². The normalized spacial score (nSPS) is 16.2. The molecule has 116 valence electrons. The number of rotatable bonds is 8. The number of ether oxygens (including phenoxy) is 1. The summed E-state index contributed by atoms with van der Waals surface area (Å²) in [6, 6.07) is 0. The summed E-state index contributed by atoms with van der Waals surface area (Å²) in [5.74, 6) is 7.23. The average molecular weight is 278 g/mol. The fraction of sp³-hybridized carbons (Fsp3) is 0.789. The largest absolute Gasteiger partial charge is 0.381 e. The van der Waals surface area contributed by atoms with Crippen LogP contribution < -0.4 is 0 Å². The third-order valence-electron chi connectivity index (χ3n) is 4.82. The fourth-order valence-electron chi connectivity index (χ4n) is 2.49. The van der Waals surface area contributed by atoms with Crippen LogP contribution in [0.3, 0.4) is 0 Å². The van der Waals surface area contributed by atoms with Crippen LogP contribution in [-0.4, -0.2) is 13.2 Å². The van der Waals surface area contributed by atoms with Gasteiger partial charge in [0.2, 0.25) is 0 Å². The summed E-state index contributed by atoms with van der Waals surface area (Å²) < 4.78 is 5.56. The molecule has 20 heavy (non-hydrogen) atoms. The lowest BCUT2D eigenvalue weighted by Gasteiger charge is -2.46. The lowest BCUT2D eigenvalue weighted by atomic mass is 9.61. The molecule has 0 saturated carbocycles. The van der Waals surface area contributed by atoms with Crippen molar-refractivity contribution in [1.82, 2.24) is 0 Å². The van der Waals surface area contributed by atoms with Crippen LogP contribution in [0.2, 0.25) is 0 Å². The highest BCUT2D eigenvalue weighted by Gasteiger charge is 2.42. The molecule has 1 heteroatoms. The molecule has 0 aromatic carbocycles.